The second-order valence-electron chi connectivity index (χ2n) is 9.09. The summed E-state index contributed by atoms with van der Waals surface area (Å²) in [5, 5.41) is 0.440. The van der Waals surface area contributed by atoms with Gasteiger partial charge in [-0.15, -0.1) is 0 Å². The van der Waals surface area contributed by atoms with E-state index >= 15 is 0 Å². The number of rotatable bonds is 9. The molecule has 196 valence electrons. The maximum absolute atomic E-state index is 13.9. The van der Waals surface area contributed by atoms with E-state index in [1.165, 1.54) is 12.1 Å². The Kier molecular flexibility index (Phi) is 8.48. The van der Waals surface area contributed by atoms with Gasteiger partial charge in [0.05, 0.1) is 6.61 Å². The van der Waals surface area contributed by atoms with Gasteiger partial charge in [-0.2, -0.15) is 0 Å². The molecule has 0 radical (unpaired) electrons. The third-order valence-electron chi connectivity index (χ3n) is 6.89. The van der Waals surface area contributed by atoms with Crippen LogP contribution in [0.5, 0.6) is 5.75 Å². The molecule has 1 heterocycles. The Morgan fingerprint density at radius 1 is 1.00 bits per heavy atom. The predicted molar refractivity (Wildman–Crippen MR) is 147 cm³/mol. The molecule has 0 unspecified atom stereocenters. The lowest BCUT2D eigenvalue weighted by Crippen LogP contribution is -2.54. The van der Waals surface area contributed by atoms with Gasteiger partial charge in [-0.25, -0.2) is 0 Å². The van der Waals surface area contributed by atoms with E-state index in [0.717, 1.165) is 0 Å². The van der Waals surface area contributed by atoms with Gasteiger partial charge in [0.15, 0.2) is 17.0 Å². The van der Waals surface area contributed by atoms with E-state index < -0.39 is 41.4 Å². The Balaban J connectivity index is 1.95. The second-order valence-corrected chi connectivity index (χ2v) is 10.4. The van der Waals surface area contributed by atoms with Crippen LogP contribution >= 0.6 is 27.5 Å². The Bertz CT molecular complexity index is 1370. The number of halogens is 2. The lowest BCUT2D eigenvalue weighted by molar-refractivity contribution is -0.171. The van der Waals surface area contributed by atoms with Crippen LogP contribution in [-0.4, -0.2) is 30.1 Å². The zero-order valence-corrected chi connectivity index (χ0v) is 23.3. The minimum absolute atomic E-state index is 0.0233. The number of Topliss-reactive ketones (excluding diaryl/α,β-unsaturated/α-hetero) is 2. The van der Waals surface area contributed by atoms with Crippen LogP contribution in [0.25, 0.3) is 0 Å². The first-order chi connectivity index (χ1) is 18.2. The molecule has 8 heteroatoms. The van der Waals surface area contributed by atoms with Gasteiger partial charge >= 0.3 is 11.9 Å². The van der Waals surface area contributed by atoms with Gasteiger partial charge in [-0.05, 0) is 55.8 Å². The molecule has 1 aliphatic rings. The highest BCUT2D eigenvalue weighted by Crippen LogP contribution is 2.54. The average Bonchev–Trinajstić information content (AvgIpc) is 2.91. The van der Waals surface area contributed by atoms with Crippen LogP contribution in [0, 0.1) is 11.3 Å². The third kappa shape index (κ3) is 5.18. The maximum atomic E-state index is 13.9. The van der Waals surface area contributed by atoms with Crippen LogP contribution in [-0.2, 0) is 14.3 Å². The van der Waals surface area contributed by atoms with E-state index in [4.69, 9.17) is 21.1 Å². The number of esters is 2. The molecule has 38 heavy (non-hydrogen) atoms. The van der Waals surface area contributed by atoms with Crippen LogP contribution < -0.4 is 4.74 Å². The van der Waals surface area contributed by atoms with E-state index in [1.54, 1.807) is 67.6 Å². The summed E-state index contributed by atoms with van der Waals surface area (Å²) in [5.41, 5.74) is -0.901. The molecule has 0 fully saturated rings. The van der Waals surface area contributed by atoms with Crippen molar-refractivity contribution in [1.82, 2.24) is 0 Å². The van der Waals surface area contributed by atoms with E-state index in [1.807, 2.05) is 6.92 Å². The highest BCUT2D eigenvalue weighted by Gasteiger charge is 2.62. The van der Waals surface area contributed by atoms with E-state index in [2.05, 4.69) is 15.9 Å². The fourth-order valence-corrected chi connectivity index (χ4v) is 5.61. The zero-order valence-electron chi connectivity index (χ0n) is 20.9. The summed E-state index contributed by atoms with van der Waals surface area (Å²) in [6, 6.07) is 19.9. The van der Waals surface area contributed by atoms with Crippen molar-refractivity contribution in [2.75, 3.05) is 6.61 Å². The first-order valence-corrected chi connectivity index (χ1v) is 13.5. The largest absolute Gasteiger partial charge is 0.465 e. The number of fused-ring (bicyclic) bond motifs is 1. The number of benzene rings is 3. The molecule has 0 saturated heterocycles. The number of ether oxygens (including phenoxy) is 2. The monoisotopic (exact) mass is 596 g/mol. The summed E-state index contributed by atoms with van der Waals surface area (Å²) in [6.07, 6.45) is -0.241. The zero-order chi connectivity index (χ0) is 27.4. The summed E-state index contributed by atoms with van der Waals surface area (Å²) >= 11 is 9.46. The smallest absolute Gasteiger partial charge is 0.330 e. The van der Waals surface area contributed by atoms with Crippen LogP contribution in [0.3, 0.4) is 0 Å². The Morgan fingerprint density at radius 3 is 2.32 bits per heavy atom. The molecule has 3 atom stereocenters. The lowest BCUT2D eigenvalue weighted by Gasteiger charge is -2.43. The van der Waals surface area contributed by atoms with Crippen molar-refractivity contribution in [3.05, 3.63) is 99.0 Å². The van der Waals surface area contributed by atoms with E-state index in [-0.39, 0.29) is 23.7 Å². The van der Waals surface area contributed by atoms with Gasteiger partial charge in [0.2, 0.25) is 0 Å². The molecule has 0 bridgehead atoms. The first kappa shape index (κ1) is 27.7. The normalized spacial score (nSPS) is 19.2. The fraction of sp³-hybridized carbons (Fsp3) is 0.267. The van der Waals surface area contributed by atoms with Crippen molar-refractivity contribution in [2.24, 2.45) is 11.3 Å². The summed E-state index contributed by atoms with van der Waals surface area (Å²) in [7, 11) is 0. The van der Waals surface area contributed by atoms with E-state index in [9.17, 15) is 19.2 Å². The van der Waals surface area contributed by atoms with Crippen molar-refractivity contribution in [3.8, 4) is 5.75 Å². The molecule has 4 rings (SSSR count). The molecule has 0 aromatic heterocycles. The number of carbonyl (C=O) groups excluding carboxylic acids is 4. The average molecular weight is 598 g/mol. The molecule has 6 nitrogen and oxygen atoms in total. The molecule has 0 N–H and O–H groups in total. The molecule has 3 aromatic carbocycles. The highest BCUT2D eigenvalue weighted by atomic mass is 79.9. The fourth-order valence-electron chi connectivity index (χ4n) is 5.10. The minimum Gasteiger partial charge on any atom is -0.465 e. The van der Waals surface area contributed by atoms with Crippen LogP contribution in [0.2, 0.25) is 5.02 Å². The number of ketones is 2. The van der Waals surface area contributed by atoms with Gasteiger partial charge < -0.3 is 9.47 Å². The summed E-state index contributed by atoms with van der Waals surface area (Å²) < 4.78 is 11.8. The second kappa shape index (κ2) is 11.6. The highest BCUT2D eigenvalue weighted by molar-refractivity contribution is 9.10. The number of hydrogen-bond donors (Lipinski definition) is 0. The topological polar surface area (TPSA) is 86.7 Å². The molecule has 1 aliphatic heterocycles. The summed E-state index contributed by atoms with van der Waals surface area (Å²) in [4.78, 5) is 55.2. The van der Waals surface area contributed by atoms with Gasteiger partial charge in [-0.1, -0.05) is 64.8 Å². The number of carbonyl (C=O) groups is 4. The summed E-state index contributed by atoms with van der Waals surface area (Å²) in [6.45, 7) is 3.41. The molecule has 0 saturated carbocycles. The van der Waals surface area contributed by atoms with Gasteiger partial charge in [0.1, 0.15) is 5.75 Å². The molecule has 0 spiro atoms. The van der Waals surface area contributed by atoms with Crippen molar-refractivity contribution in [3.63, 3.8) is 0 Å². The standard InChI is InChI=1S/C30H26BrClO6/c1-3-22(27(34)19-8-6-5-7-9-19)26-23-16-20(31)12-15-25(23)38-29(36)30(26,28(35)37-4-2)17-24(33)18-10-13-21(32)14-11-18/h5-16,22,26H,3-4,17H2,1-2H3/t22-,26+,30-/m1/s1. The predicted octanol–water partition coefficient (Wildman–Crippen LogP) is 6.84. The van der Waals surface area contributed by atoms with Crippen LogP contribution in [0.15, 0.2) is 77.3 Å². The van der Waals surface area contributed by atoms with Crippen molar-refractivity contribution in [1.29, 1.82) is 0 Å². The SMILES string of the molecule is CCOC(=O)[C@]1(CC(=O)c2ccc(Cl)cc2)C(=O)Oc2ccc(Br)cc2[C@@H]1[C@@H](CC)C(=O)c1ccccc1. The van der Waals surface area contributed by atoms with Crippen LogP contribution in [0.1, 0.15) is 58.9 Å². The molecular formula is C30H26BrClO6. The van der Waals surface area contributed by atoms with Gasteiger partial charge in [-0.3, -0.25) is 19.2 Å². The third-order valence-corrected chi connectivity index (χ3v) is 7.63. The Labute approximate surface area is 234 Å². The van der Waals surface area contributed by atoms with E-state index in [0.29, 0.717) is 27.0 Å². The maximum Gasteiger partial charge on any atom is 0.330 e. The molecule has 3 aromatic rings. The van der Waals surface area contributed by atoms with Gasteiger partial charge in [0.25, 0.3) is 0 Å². The van der Waals surface area contributed by atoms with Crippen LogP contribution in [0.4, 0.5) is 0 Å². The Hall–Kier alpha value is -3.29. The van der Waals surface area contributed by atoms with Crippen molar-refractivity contribution < 1.29 is 28.7 Å². The first-order valence-electron chi connectivity index (χ1n) is 12.3. The summed E-state index contributed by atoms with van der Waals surface area (Å²) in [5.74, 6) is -4.16. The lowest BCUT2D eigenvalue weighted by atomic mass is 9.60. The van der Waals surface area contributed by atoms with Crippen molar-refractivity contribution in [2.45, 2.75) is 32.6 Å². The Morgan fingerprint density at radius 2 is 1.68 bits per heavy atom. The van der Waals surface area contributed by atoms with Crippen molar-refractivity contribution >= 4 is 51.0 Å². The minimum atomic E-state index is -2.09. The van der Waals surface area contributed by atoms with Gasteiger partial charge in [0, 0.05) is 44.4 Å². The molecular weight excluding hydrogens is 572 g/mol. The number of hydrogen-bond acceptors (Lipinski definition) is 6. The molecule has 0 aliphatic carbocycles. The quantitative estimate of drug-likeness (QED) is 0.116. The molecule has 0 amide bonds.